The van der Waals surface area contributed by atoms with E-state index in [4.69, 9.17) is 15.2 Å². The summed E-state index contributed by atoms with van der Waals surface area (Å²) in [6.07, 6.45) is 41.0. The summed E-state index contributed by atoms with van der Waals surface area (Å²) in [7, 11) is 2.62. The average Bonchev–Trinajstić information content (AvgIpc) is 3.17. The van der Waals surface area contributed by atoms with Crippen LogP contribution < -0.4 is 5.73 Å². The minimum atomic E-state index is -1.03. The van der Waals surface area contributed by atoms with Crippen molar-refractivity contribution < 1.29 is 28.7 Å². The second-order valence-corrected chi connectivity index (χ2v) is 18.6. The van der Waals surface area contributed by atoms with Crippen LogP contribution >= 0.6 is 21.6 Å². The van der Waals surface area contributed by atoms with Crippen molar-refractivity contribution in [3.8, 4) is 0 Å². The molecule has 0 spiro atoms. The van der Waals surface area contributed by atoms with E-state index in [9.17, 15) is 19.2 Å². The van der Waals surface area contributed by atoms with Gasteiger partial charge in [-0.1, -0.05) is 228 Å². The molecule has 56 heavy (non-hydrogen) atoms. The Balaban J connectivity index is 4.04. The number of imide groups is 1. The van der Waals surface area contributed by atoms with Gasteiger partial charge in [0.1, 0.15) is 12.1 Å². The SMILES string of the molecule is CCCCCCCCCCCCCCCCCCOC(=O)[C@@H](N)CSSC[C@@H](C(=O)OCCCCCCCCCCCCCCCCCC)N(C(C)=O)C(C)=O. The lowest BCUT2D eigenvalue weighted by Gasteiger charge is -2.26. The molecule has 0 aliphatic heterocycles. The first-order valence-corrected chi connectivity index (χ1v) is 25.9. The van der Waals surface area contributed by atoms with Gasteiger partial charge in [-0.05, 0) is 12.8 Å². The molecule has 0 heterocycles. The van der Waals surface area contributed by atoms with E-state index in [1.165, 1.54) is 202 Å². The van der Waals surface area contributed by atoms with Crippen LogP contribution in [0.2, 0.25) is 0 Å². The molecule has 0 fully saturated rings. The smallest absolute Gasteiger partial charge is 0.330 e. The molecule has 0 aliphatic carbocycles. The van der Waals surface area contributed by atoms with Crippen LogP contribution in [-0.2, 0) is 28.7 Å². The van der Waals surface area contributed by atoms with Crippen molar-refractivity contribution in [1.29, 1.82) is 0 Å². The Hall–Kier alpha value is -1.26. The summed E-state index contributed by atoms with van der Waals surface area (Å²) in [6.45, 7) is 7.74. The second kappa shape index (κ2) is 41.9. The van der Waals surface area contributed by atoms with Gasteiger partial charge in [-0.25, -0.2) is 4.79 Å². The zero-order valence-corrected chi connectivity index (χ0v) is 38.5. The Morgan fingerprint density at radius 1 is 0.429 bits per heavy atom. The molecule has 330 valence electrons. The highest BCUT2D eigenvalue weighted by atomic mass is 33.1. The Morgan fingerprint density at radius 3 is 1.00 bits per heavy atom. The van der Waals surface area contributed by atoms with E-state index in [2.05, 4.69) is 13.8 Å². The molecule has 0 saturated carbocycles. The number of carbonyl (C=O) groups excluding carboxylic acids is 4. The number of nitrogens with two attached hydrogens (primary N) is 1. The zero-order chi connectivity index (χ0) is 41.3. The fourth-order valence-corrected chi connectivity index (χ4v) is 9.35. The van der Waals surface area contributed by atoms with Gasteiger partial charge in [0.25, 0.3) is 0 Å². The molecule has 2 amide bonds. The average molecular weight is 829 g/mol. The van der Waals surface area contributed by atoms with Gasteiger partial charge in [0, 0.05) is 25.4 Å². The Morgan fingerprint density at radius 2 is 0.696 bits per heavy atom. The molecule has 2 N–H and O–H groups in total. The lowest BCUT2D eigenvalue weighted by atomic mass is 10.0. The summed E-state index contributed by atoms with van der Waals surface area (Å²) in [5.41, 5.74) is 6.08. The van der Waals surface area contributed by atoms with Crippen molar-refractivity contribution in [1.82, 2.24) is 4.90 Å². The van der Waals surface area contributed by atoms with Crippen molar-refractivity contribution >= 4 is 45.3 Å². The highest BCUT2D eigenvalue weighted by Crippen LogP contribution is 2.25. The molecule has 10 heteroatoms. The van der Waals surface area contributed by atoms with Crippen molar-refractivity contribution in [2.24, 2.45) is 5.73 Å². The van der Waals surface area contributed by atoms with Gasteiger partial charge in [-0.2, -0.15) is 0 Å². The largest absolute Gasteiger partial charge is 0.465 e. The fourth-order valence-electron chi connectivity index (χ4n) is 7.06. The number of ether oxygens (including phenoxy) is 2. The molecule has 0 saturated heterocycles. The molecule has 0 aliphatic rings. The minimum Gasteiger partial charge on any atom is -0.465 e. The standard InChI is InChI=1S/C46H88N2O6S2/c1-5-7-9-11-13-15-17-19-21-23-25-27-29-31-33-35-37-53-45(51)43(47)39-55-56-40-44(48(41(3)49)42(4)50)46(52)54-38-36-34-32-30-28-26-24-22-20-18-16-14-12-10-8-6-2/h43-44H,5-40,47H2,1-4H3/t43-,44-/m0/s1. The van der Waals surface area contributed by atoms with Crippen molar-refractivity contribution in [3.63, 3.8) is 0 Å². The lowest BCUT2D eigenvalue weighted by Crippen LogP contribution is -2.49. The van der Waals surface area contributed by atoms with Crippen LogP contribution in [0.15, 0.2) is 0 Å². The Bertz CT molecular complexity index is 925. The van der Waals surface area contributed by atoms with Crippen LogP contribution in [0.1, 0.15) is 233 Å². The van der Waals surface area contributed by atoms with Crippen LogP contribution in [-0.4, -0.2) is 65.5 Å². The summed E-state index contributed by atoms with van der Waals surface area (Å²) in [4.78, 5) is 51.0. The number of hydrogen-bond acceptors (Lipinski definition) is 9. The summed E-state index contributed by atoms with van der Waals surface area (Å²) in [5.74, 6) is -1.55. The maximum atomic E-state index is 13.0. The highest BCUT2D eigenvalue weighted by Gasteiger charge is 2.32. The Kier molecular flexibility index (Phi) is 40.9. The topological polar surface area (TPSA) is 116 Å². The first-order chi connectivity index (χ1) is 27.3. The molecule has 2 atom stereocenters. The van der Waals surface area contributed by atoms with Gasteiger partial charge in [0.2, 0.25) is 11.8 Å². The Labute approximate surface area is 353 Å². The first-order valence-electron chi connectivity index (χ1n) is 23.4. The van der Waals surface area contributed by atoms with Crippen LogP contribution in [0.4, 0.5) is 0 Å². The lowest BCUT2D eigenvalue weighted by molar-refractivity contribution is -0.159. The van der Waals surface area contributed by atoms with Crippen molar-refractivity contribution in [2.75, 3.05) is 24.7 Å². The van der Waals surface area contributed by atoms with Crippen LogP contribution in [0.25, 0.3) is 0 Å². The molecular weight excluding hydrogens is 741 g/mol. The number of esters is 2. The van der Waals surface area contributed by atoms with Crippen LogP contribution in [0.5, 0.6) is 0 Å². The molecule has 8 nitrogen and oxygen atoms in total. The minimum absolute atomic E-state index is 0.155. The predicted molar refractivity (Wildman–Crippen MR) is 241 cm³/mol. The number of nitrogens with zero attached hydrogens (tertiary/aromatic N) is 1. The van der Waals surface area contributed by atoms with E-state index in [0.29, 0.717) is 12.4 Å². The third-order valence-electron chi connectivity index (χ3n) is 10.6. The van der Waals surface area contributed by atoms with E-state index in [1.807, 2.05) is 0 Å². The van der Waals surface area contributed by atoms with Gasteiger partial charge in [0.15, 0.2) is 0 Å². The highest BCUT2D eigenvalue weighted by molar-refractivity contribution is 8.76. The monoisotopic (exact) mass is 829 g/mol. The molecule has 0 unspecified atom stereocenters. The van der Waals surface area contributed by atoms with E-state index in [-0.39, 0.29) is 12.4 Å². The summed E-state index contributed by atoms with van der Waals surface area (Å²) in [6, 6.07) is -1.81. The number of amides is 2. The quantitative estimate of drug-likeness (QED) is 0.0365. The zero-order valence-electron chi connectivity index (χ0n) is 36.9. The maximum Gasteiger partial charge on any atom is 0.330 e. The van der Waals surface area contributed by atoms with Gasteiger partial charge >= 0.3 is 11.9 Å². The van der Waals surface area contributed by atoms with Gasteiger partial charge < -0.3 is 15.2 Å². The third kappa shape index (κ3) is 34.8. The first kappa shape index (κ1) is 54.7. The van der Waals surface area contributed by atoms with Crippen LogP contribution in [0.3, 0.4) is 0 Å². The van der Waals surface area contributed by atoms with Crippen LogP contribution in [0, 0.1) is 0 Å². The molecule has 0 rings (SSSR count). The second-order valence-electron chi connectivity index (χ2n) is 16.0. The maximum absolute atomic E-state index is 13.0. The van der Waals surface area contributed by atoms with Crippen molar-refractivity contribution in [2.45, 2.75) is 245 Å². The van der Waals surface area contributed by atoms with E-state index < -0.39 is 35.8 Å². The third-order valence-corrected chi connectivity index (χ3v) is 13.0. The van der Waals surface area contributed by atoms with Gasteiger partial charge in [-0.15, -0.1) is 0 Å². The molecular formula is C46H88N2O6S2. The van der Waals surface area contributed by atoms with E-state index >= 15 is 0 Å². The fraction of sp³-hybridized carbons (Fsp3) is 0.913. The van der Waals surface area contributed by atoms with Crippen molar-refractivity contribution in [3.05, 3.63) is 0 Å². The van der Waals surface area contributed by atoms with Gasteiger partial charge in [0.05, 0.1) is 13.2 Å². The normalized spacial score (nSPS) is 12.4. The predicted octanol–water partition coefficient (Wildman–Crippen LogP) is 13.1. The molecule has 0 radical (unpaired) electrons. The van der Waals surface area contributed by atoms with E-state index in [1.54, 1.807) is 0 Å². The molecule has 0 aromatic rings. The van der Waals surface area contributed by atoms with E-state index in [0.717, 1.165) is 43.4 Å². The summed E-state index contributed by atoms with van der Waals surface area (Å²) >= 11 is 0. The molecule has 0 aromatic heterocycles. The summed E-state index contributed by atoms with van der Waals surface area (Å²) in [5, 5.41) is 0. The number of hydrogen-bond donors (Lipinski definition) is 1. The number of rotatable bonds is 42. The number of unbranched alkanes of at least 4 members (excludes halogenated alkanes) is 30. The van der Waals surface area contributed by atoms with Gasteiger partial charge in [-0.3, -0.25) is 19.3 Å². The molecule has 0 aromatic carbocycles. The molecule has 0 bridgehead atoms. The summed E-state index contributed by atoms with van der Waals surface area (Å²) < 4.78 is 10.9. The number of carbonyl (C=O) groups is 4.